The van der Waals surface area contributed by atoms with E-state index in [-0.39, 0.29) is 11.8 Å². The molecule has 0 saturated heterocycles. The van der Waals surface area contributed by atoms with Crippen molar-refractivity contribution in [3.05, 3.63) is 59.9 Å². The number of H-pyrrole nitrogens is 1. The SMILES string of the molecule is COc1cc(C(=O)N2CC=CCC2)cc(NC(=O)c2c[nH]c3cccnc23)c1OC. The molecule has 3 aromatic rings. The molecule has 0 bridgehead atoms. The van der Waals surface area contributed by atoms with Crippen molar-refractivity contribution >= 4 is 28.5 Å². The molecular formula is C22H22N4O4. The second kappa shape index (κ2) is 8.28. The summed E-state index contributed by atoms with van der Waals surface area (Å²) in [5.74, 6) is 0.201. The molecule has 0 spiro atoms. The summed E-state index contributed by atoms with van der Waals surface area (Å²) in [6, 6.07) is 6.87. The van der Waals surface area contributed by atoms with Gasteiger partial charge in [0.15, 0.2) is 11.5 Å². The molecule has 2 amide bonds. The van der Waals surface area contributed by atoms with Crippen molar-refractivity contribution in [1.82, 2.24) is 14.9 Å². The van der Waals surface area contributed by atoms with Gasteiger partial charge in [-0.05, 0) is 30.7 Å². The largest absolute Gasteiger partial charge is 0.493 e. The number of fused-ring (bicyclic) bond motifs is 1. The number of ether oxygens (including phenoxy) is 2. The maximum atomic E-state index is 13.0. The van der Waals surface area contributed by atoms with E-state index in [1.165, 1.54) is 14.2 Å². The number of nitrogens with one attached hydrogen (secondary N) is 2. The maximum absolute atomic E-state index is 13.0. The van der Waals surface area contributed by atoms with Crippen molar-refractivity contribution in [3.8, 4) is 11.5 Å². The summed E-state index contributed by atoms with van der Waals surface area (Å²) in [6.07, 6.45) is 8.07. The maximum Gasteiger partial charge on any atom is 0.259 e. The minimum Gasteiger partial charge on any atom is -0.493 e. The van der Waals surface area contributed by atoms with E-state index in [4.69, 9.17) is 9.47 Å². The first-order chi connectivity index (χ1) is 14.6. The van der Waals surface area contributed by atoms with Gasteiger partial charge in [-0.1, -0.05) is 12.2 Å². The summed E-state index contributed by atoms with van der Waals surface area (Å²) in [5, 5.41) is 2.84. The number of carbonyl (C=O) groups excluding carboxylic acids is 2. The number of rotatable bonds is 5. The Kier molecular flexibility index (Phi) is 5.38. The Morgan fingerprint density at radius 1 is 1.20 bits per heavy atom. The molecule has 8 nitrogen and oxygen atoms in total. The van der Waals surface area contributed by atoms with Crippen LogP contribution in [0, 0.1) is 0 Å². The Bertz CT molecular complexity index is 1140. The highest BCUT2D eigenvalue weighted by atomic mass is 16.5. The first-order valence-electron chi connectivity index (χ1n) is 9.56. The smallest absolute Gasteiger partial charge is 0.259 e. The first kappa shape index (κ1) is 19.5. The van der Waals surface area contributed by atoms with Crippen LogP contribution >= 0.6 is 0 Å². The lowest BCUT2D eigenvalue weighted by Crippen LogP contribution is -2.33. The fourth-order valence-corrected chi connectivity index (χ4v) is 3.51. The Morgan fingerprint density at radius 2 is 2.07 bits per heavy atom. The van der Waals surface area contributed by atoms with E-state index in [9.17, 15) is 9.59 Å². The molecule has 8 heteroatoms. The lowest BCUT2D eigenvalue weighted by atomic mass is 10.1. The van der Waals surface area contributed by atoms with Crippen LogP contribution in [0.15, 0.2) is 48.8 Å². The number of pyridine rings is 1. The quantitative estimate of drug-likeness (QED) is 0.634. The van der Waals surface area contributed by atoms with Crippen LogP contribution in [0.4, 0.5) is 5.69 Å². The number of aromatic nitrogens is 2. The molecule has 0 unspecified atom stereocenters. The van der Waals surface area contributed by atoms with E-state index in [2.05, 4.69) is 21.4 Å². The van der Waals surface area contributed by atoms with E-state index < -0.39 is 0 Å². The molecule has 30 heavy (non-hydrogen) atoms. The Hall–Kier alpha value is -3.81. The summed E-state index contributed by atoms with van der Waals surface area (Å²) in [5.41, 5.74) is 2.48. The molecule has 3 heterocycles. The molecule has 2 aromatic heterocycles. The summed E-state index contributed by atoms with van der Waals surface area (Å²) >= 11 is 0. The first-order valence-corrected chi connectivity index (χ1v) is 9.56. The van der Waals surface area contributed by atoms with Crippen molar-refractivity contribution in [2.45, 2.75) is 6.42 Å². The number of hydrogen-bond donors (Lipinski definition) is 2. The molecule has 0 radical (unpaired) electrons. The van der Waals surface area contributed by atoms with Crippen molar-refractivity contribution in [1.29, 1.82) is 0 Å². The third-order valence-electron chi connectivity index (χ3n) is 5.00. The lowest BCUT2D eigenvalue weighted by molar-refractivity contribution is 0.0770. The standard InChI is InChI=1S/C22H22N4O4/c1-29-18-12-14(22(28)26-9-4-3-5-10-26)11-17(20(18)30-2)25-21(27)15-13-24-16-7-6-8-23-19(15)16/h3-4,6-8,11-13,24H,5,9-10H2,1-2H3,(H,25,27). The van der Waals surface area contributed by atoms with Gasteiger partial charge in [-0.25, -0.2) is 0 Å². The van der Waals surface area contributed by atoms with Gasteiger partial charge in [-0.2, -0.15) is 0 Å². The van der Waals surface area contributed by atoms with Crippen LogP contribution in [0.5, 0.6) is 11.5 Å². The van der Waals surface area contributed by atoms with Crippen LogP contribution in [0.3, 0.4) is 0 Å². The topological polar surface area (TPSA) is 96.6 Å². The summed E-state index contributed by atoms with van der Waals surface area (Å²) in [4.78, 5) is 35.0. The highest BCUT2D eigenvalue weighted by molar-refractivity contribution is 6.12. The molecule has 1 aliphatic heterocycles. The molecule has 2 N–H and O–H groups in total. The second-order valence-electron chi connectivity index (χ2n) is 6.83. The van der Waals surface area contributed by atoms with Gasteiger partial charge >= 0.3 is 0 Å². The minimum atomic E-state index is -0.370. The number of aromatic amines is 1. The van der Waals surface area contributed by atoms with Crippen LogP contribution in [-0.4, -0.2) is 54.0 Å². The summed E-state index contributed by atoms with van der Waals surface area (Å²) < 4.78 is 10.9. The average molecular weight is 406 g/mol. The van der Waals surface area contributed by atoms with Crippen LogP contribution in [0.25, 0.3) is 11.0 Å². The minimum absolute atomic E-state index is 0.135. The zero-order chi connectivity index (χ0) is 21.1. The van der Waals surface area contributed by atoms with E-state index in [0.717, 1.165) is 11.9 Å². The van der Waals surface area contributed by atoms with E-state index in [0.29, 0.717) is 46.9 Å². The van der Waals surface area contributed by atoms with Crippen LogP contribution < -0.4 is 14.8 Å². The molecular weight excluding hydrogens is 384 g/mol. The molecule has 1 aliphatic rings. The molecule has 1 aromatic carbocycles. The zero-order valence-electron chi connectivity index (χ0n) is 16.8. The van der Waals surface area contributed by atoms with Gasteiger partial charge in [-0.3, -0.25) is 14.6 Å². The number of carbonyl (C=O) groups is 2. The number of amides is 2. The third kappa shape index (κ3) is 3.59. The number of hydrogen-bond acceptors (Lipinski definition) is 5. The molecule has 0 saturated carbocycles. The highest BCUT2D eigenvalue weighted by Gasteiger charge is 2.23. The predicted molar refractivity (Wildman–Crippen MR) is 113 cm³/mol. The number of anilines is 1. The van der Waals surface area contributed by atoms with E-state index in [1.807, 2.05) is 12.1 Å². The van der Waals surface area contributed by atoms with Crippen molar-refractivity contribution in [3.63, 3.8) is 0 Å². The monoisotopic (exact) mass is 406 g/mol. The predicted octanol–water partition coefficient (Wildman–Crippen LogP) is 3.23. The lowest BCUT2D eigenvalue weighted by Gasteiger charge is -2.24. The molecule has 0 fully saturated rings. The van der Waals surface area contributed by atoms with Gasteiger partial charge in [-0.15, -0.1) is 0 Å². The van der Waals surface area contributed by atoms with Gasteiger partial charge in [0.2, 0.25) is 0 Å². The van der Waals surface area contributed by atoms with Gasteiger partial charge in [0.25, 0.3) is 11.8 Å². The van der Waals surface area contributed by atoms with Gasteiger partial charge in [0, 0.05) is 31.0 Å². The average Bonchev–Trinajstić information content (AvgIpc) is 3.23. The van der Waals surface area contributed by atoms with Gasteiger partial charge in [0.05, 0.1) is 31.0 Å². The molecule has 0 aliphatic carbocycles. The van der Waals surface area contributed by atoms with Crippen molar-refractivity contribution in [2.24, 2.45) is 0 Å². The van der Waals surface area contributed by atoms with Gasteiger partial charge < -0.3 is 24.7 Å². The summed E-state index contributed by atoms with van der Waals surface area (Å²) in [7, 11) is 2.97. The fourth-order valence-electron chi connectivity index (χ4n) is 3.51. The van der Waals surface area contributed by atoms with Crippen LogP contribution in [0.2, 0.25) is 0 Å². The number of methoxy groups -OCH3 is 2. The molecule has 0 atom stereocenters. The van der Waals surface area contributed by atoms with E-state index in [1.54, 1.807) is 35.5 Å². The van der Waals surface area contributed by atoms with E-state index >= 15 is 0 Å². The number of nitrogens with zero attached hydrogens (tertiary/aromatic N) is 2. The second-order valence-corrected chi connectivity index (χ2v) is 6.83. The molecule has 4 rings (SSSR count). The third-order valence-corrected chi connectivity index (χ3v) is 5.00. The van der Waals surface area contributed by atoms with Gasteiger partial charge in [0.1, 0.15) is 5.52 Å². The Balaban J connectivity index is 1.69. The molecule has 154 valence electrons. The Labute approximate surface area is 173 Å². The summed E-state index contributed by atoms with van der Waals surface area (Å²) in [6.45, 7) is 1.20. The van der Waals surface area contributed by atoms with Crippen LogP contribution in [0.1, 0.15) is 27.1 Å². The Morgan fingerprint density at radius 3 is 2.80 bits per heavy atom. The highest BCUT2D eigenvalue weighted by Crippen LogP contribution is 2.37. The zero-order valence-corrected chi connectivity index (χ0v) is 16.8. The fraction of sp³-hybridized carbons (Fsp3) is 0.227. The number of benzene rings is 1. The van der Waals surface area contributed by atoms with Crippen molar-refractivity contribution < 1.29 is 19.1 Å². The van der Waals surface area contributed by atoms with Crippen molar-refractivity contribution in [2.75, 3.05) is 32.6 Å². The van der Waals surface area contributed by atoms with Crippen LogP contribution in [-0.2, 0) is 0 Å². The normalized spacial score (nSPS) is 13.3.